The zero-order valence-electron chi connectivity index (χ0n) is 13.6. The van der Waals surface area contributed by atoms with E-state index in [1.165, 1.54) is 0 Å². The van der Waals surface area contributed by atoms with Crippen molar-refractivity contribution in [1.29, 1.82) is 0 Å². The van der Waals surface area contributed by atoms with Crippen LogP contribution in [0.4, 0.5) is 0 Å². The summed E-state index contributed by atoms with van der Waals surface area (Å²) in [6.07, 6.45) is 0. The van der Waals surface area contributed by atoms with Crippen molar-refractivity contribution < 1.29 is 9.90 Å². The topological polar surface area (TPSA) is 40.1 Å². The van der Waals surface area contributed by atoms with Crippen LogP contribution in [0.5, 0.6) is 0 Å². The molecule has 0 heterocycles. The first kappa shape index (κ1) is 15.3. The lowest BCUT2D eigenvalue weighted by molar-refractivity contribution is -0.254. The average molecular weight is 303 g/mol. The standard InChI is InChI=1S/C21H20O2/c1-21(2,3)15-11-12-18(20(22)23)19(13-15)17-10-6-8-14-7-4-5-9-16(14)17/h4-13H,1-3H3,(H,22,23)/p-1. The molecule has 0 aromatic heterocycles. The summed E-state index contributed by atoms with van der Waals surface area (Å²) in [6.45, 7) is 6.36. The van der Waals surface area contributed by atoms with E-state index in [1.807, 2.05) is 54.6 Å². The van der Waals surface area contributed by atoms with E-state index in [2.05, 4.69) is 20.8 Å². The Labute approximate surface area is 136 Å². The van der Waals surface area contributed by atoms with Gasteiger partial charge in [-0.2, -0.15) is 0 Å². The Bertz CT molecular complexity index is 880. The first-order chi connectivity index (χ1) is 10.9. The maximum atomic E-state index is 11.6. The number of carboxylic acids is 1. The second kappa shape index (κ2) is 5.54. The van der Waals surface area contributed by atoms with E-state index in [0.717, 1.165) is 21.9 Å². The van der Waals surface area contributed by atoms with Gasteiger partial charge in [0.2, 0.25) is 0 Å². The van der Waals surface area contributed by atoms with Crippen LogP contribution in [0, 0.1) is 0 Å². The van der Waals surface area contributed by atoms with E-state index >= 15 is 0 Å². The van der Waals surface area contributed by atoms with Gasteiger partial charge < -0.3 is 9.90 Å². The molecule has 3 aromatic carbocycles. The molecule has 0 atom stereocenters. The summed E-state index contributed by atoms with van der Waals surface area (Å²) in [7, 11) is 0. The molecule has 23 heavy (non-hydrogen) atoms. The van der Waals surface area contributed by atoms with Crippen LogP contribution in [0.15, 0.2) is 60.7 Å². The number of carbonyl (C=O) groups is 1. The van der Waals surface area contributed by atoms with Gasteiger partial charge in [-0.3, -0.25) is 0 Å². The predicted molar refractivity (Wildman–Crippen MR) is 92.4 cm³/mol. The lowest BCUT2D eigenvalue weighted by atomic mass is 9.83. The van der Waals surface area contributed by atoms with E-state index in [-0.39, 0.29) is 11.0 Å². The van der Waals surface area contributed by atoms with E-state index < -0.39 is 5.97 Å². The summed E-state index contributed by atoms with van der Waals surface area (Å²) < 4.78 is 0. The van der Waals surface area contributed by atoms with E-state index in [0.29, 0.717) is 5.56 Å². The second-order valence-corrected chi connectivity index (χ2v) is 6.82. The molecule has 0 N–H and O–H groups in total. The monoisotopic (exact) mass is 303 g/mol. The van der Waals surface area contributed by atoms with Gasteiger partial charge in [-0.25, -0.2) is 0 Å². The number of aromatic carboxylic acids is 1. The number of carboxylic acid groups (broad SMARTS) is 1. The largest absolute Gasteiger partial charge is 0.545 e. The van der Waals surface area contributed by atoms with Crippen LogP contribution in [-0.4, -0.2) is 5.97 Å². The van der Waals surface area contributed by atoms with Gasteiger partial charge in [-0.1, -0.05) is 75.4 Å². The molecule has 0 fully saturated rings. The number of benzene rings is 3. The minimum atomic E-state index is -1.15. The number of hydrogen-bond acceptors (Lipinski definition) is 2. The molecule has 0 saturated carbocycles. The zero-order chi connectivity index (χ0) is 16.6. The predicted octanol–water partition coefficient (Wildman–Crippen LogP) is 4.17. The summed E-state index contributed by atoms with van der Waals surface area (Å²) in [5, 5.41) is 13.7. The van der Waals surface area contributed by atoms with Gasteiger partial charge in [0, 0.05) is 5.56 Å². The van der Waals surface area contributed by atoms with Gasteiger partial charge in [-0.15, -0.1) is 0 Å². The minimum Gasteiger partial charge on any atom is -0.545 e. The average Bonchev–Trinajstić information content (AvgIpc) is 2.53. The van der Waals surface area contributed by atoms with Crippen LogP contribution in [0.25, 0.3) is 21.9 Å². The van der Waals surface area contributed by atoms with E-state index in [1.54, 1.807) is 6.07 Å². The van der Waals surface area contributed by atoms with Crippen LogP contribution >= 0.6 is 0 Å². The summed E-state index contributed by atoms with van der Waals surface area (Å²) >= 11 is 0. The molecule has 3 rings (SSSR count). The highest BCUT2D eigenvalue weighted by Gasteiger charge is 2.17. The Morgan fingerprint density at radius 2 is 1.57 bits per heavy atom. The molecule has 0 bridgehead atoms. The Morgan fingerprint density at radius 3 is 2.26 bits per heavy atom. The van der Waals surface area contributed by atoms with Gasteiger partial charge in [0.05, 0.1) is 5.97 Å². The van der Waals surface area contributed by atoms with E-state index in [4.69, 9.17) is 0 Å². The molecule has 0 aliphatic heterocycles. The molecule has 0 aliphatic rings. The third kappa shape index (κ3) is 2.85. The molecule has 0 radical (unpaired) electrons. The van der Waals surface area contributed by atoms with Crippen molar-refractivity contribution in [2.24, 2.45) is 0 Å². The molecule has 0 spiro atoms. The fourth-order valence-electron chi connectivity index (χ4n) is 2.87. The van der Waals surface area contributed by atoms with Crippen molar-refractivity contribution in [3.8, 4) is 11.1 Å². The van der Waals surface area contributed by atoms with Gasteiger partial charge in [-0.05, 0) is 38.9 Å². The first-order valence-electron chi connectivity index (χ1n) is 7.72. The molecule has 0 saturated heterocycles. The summed E-state index contributed by atoms with van der Waals surface area (Å²) in [4.78, 5) is 11.6. The van der Waals surface area contributed by atoms with Crippen molar-refractivity contribution in [2.75, 3.05) is 0 Å². The van der Waals surface area contributed by atoms with E-state index in [9.17, 15) is 9.90 Å². The van der Waals surface area contributed by atoms with Crippen molar-refractivity contribution in [2.45, 2.75) is 26.2 Å². The molecular formula is C21H19O2-. The van der Waals surface area contributed by atoms with Crippen LogP contribution in [-0.2, 0) is 5.41 Å². The van der Waals surface area contributed by atoms with Crippen LogP contribution in [0.2, 0.25) is 0 Å². The van der Waals surface area contributed by atoms with Crippen LogP contribution in [0.3, 0.4) is 0 Å². The van der Waals surface area contributed by atoms with Crippen LogP contribution in [0.1, 0.15) is 36.7 Å². The van der Waals surface area contributed by atoms with Crippen LogP contribution < -0.4 is 5.11 Å². The molecule has 116 valence electrons. The molecule has 2 heteroatoms. The van der Waals surface area contributed by atoms with Crippen molar-refractivity contribution in [3.63, 3.8) is 0 Å². The number of carbonyl (C=O) groups excluding carboxylic acids is 1. The maximum absolute atomic E-state index is 11.6. The Morgan fingerprint density at radius 1 is 0.870 bits per heavy atom. The van der Waals surface area contributed by atoms with Crippen molar-refractivity contribution in [3.05, 3.63) is 71.8 Å². The molecule has 0 aliphatic carbocycles. The minimum absolute atomic E-state index is 0.0518. The maximum Gasteiger partial charge on any atom is 0.0721 e. The number of rotatable bonds is 2. The molecule has 0 amide bonds. The number of hydrogen-bond donors (Lipinski definition) is 0. The third-order valence-electron chi connectivity index (χ3n) is 4.19. The summed E-state index contributed by atoms with van der Waals surface area (Å²) in [5.41, 5.74) is 2.92. The molecule has 0 unspecified atom stereocenters. The molecule has 3 aromatic rings. The Kier molecular flexibility index (Phi) is 3.69. The second-order valence-electron chi connectivity index (χ2n) is 6.82. The third-order valence-corrected chi connectivity index (χ3v) is 4.19. The Hall–Kier alpha value is -2.61. The fraction of sp³-hybridized carbons (Fsp3) is 0.190. The fourth-order valence-corrected chi connectivity index (χ4v) is 2.87. The highest BCUT2D eigenvalue weighted by molar-refractivity contribution is 6.03. The van der Waals surface area contributed by atoms with Gasteiger partial charge >= 0.3 is 0 Å². The number of fused-ring (bicyclic) bond motifs is 1. The van der Waals surface area contributed by atoms with Gasteiger partial charge in [0.1, 0.15) is 0 Å². The highest BCUT2D eigenvalue weighted by atomic mass is 16.4. The summed E-state index contributed by atoms with van der Waals surface area (Å²) in [6, 6.07) is 19.5. The lowest BCUT2D eigenvalue weighted by Crippen LogP contribution is -2.23. The van der Waals surface area contributed by atoms with Crippen molar-refractivity contribution in [1.82, 2.24) is 0 Å². The quantitative estimate of drug-likeness (QED) is 0.713. The lowest BCUT2D eigenvalue weighted by Gasteiger charge is -2.22. The smallest absolute Gasteiger partial charge is 0.0721 e. The summed E-state index contributed by atoms with van der Waals surface area (Å²) in [5.74, 6) is -1.15. The van der Waals surface area contributed by atoms with Crippen molar-refractivity contribution >= 4 is 16.7 Å². The normalized spacial score (nSPS) is 11.6. The van der Waals surface area contributed by atoms with Gasteiger partial charge in [0.15, 0.2) is 0 Å². The van der Waals surface area contributed by atoms with Gasteiger partial charge in [0.25, 0.3) is 0 Å². The SMILES string of the molecule is CC(C)(C)c1ccc(C(=O)[O-])c(-c2cccc3ccccc23)c1. The zero-order valence-corrected chi connectivity index (χ0v) is 13.6. The Balaban J connectivity index is 2.34. The highest BCUT2D eigenvalue weighted by Crippen LogP contribution is 2.34. The molecule has 2 nitrogen and oxygen atoms in total. The first-order valence-corrected chi connectivity index (χ1v) is 7.72. The molecular weight excluding hydrogens is 284 g/mol.